The molecule has 1 rings (SSSR count). The standard InChI is InChI=1S/C12H16BrFN2O2/c1-8(7-18-2)16-12(17)6-15-9-3-4-10(13)11(14)5-9/h3-5,8,15H,6-7H2,1-2H3,(H,16,17). The lowest BCUT2D eigenvalue weighted by Crippen LogP contribution is -2.39. The highest BCUT2D eigenvalue weighted by Crippen LogP contribution is 2.18. The largest absolute Gasteiger partial charge is 0.383 e. The Labute approximate surface area is 114 Å². The monoisotopic (exact) mass is 318 g/mol. The van der Waals surface area contributed by atoms with Crippen molar-refractivity contribution in [1.82, 2.24) is 5.32 Å². The fraction of sp³-hybridized carbons (Fsp3) is 0.417. The van der Waals surface area contributed by atoms with Crippen LogP contribution in [0.4, 0.5) is 10.1 Å². The molecule has 0 saturated heterocycles. The maximum atomic E-state index is 13.2. The molecular weight excluding hydrogens is 303 g/mol. The first-order chi connectivity index (χ1) is 8.52. The molecule has 0 aromatic heterocycles. The van der Waals surface area contributed by atoms with Gasteiger partial charge in [0, 0.05) is 18.8 Å². The lowest BCUT2D eigenvalue weighted by molar-refractivity contribution is -0.120. The summed E-state index contributed by atoms with van der Waals surface area (Å²) in [4.78, 5) is 11.5. The van der Waals surface area contributed by atoms with Crippen molar-refractivity contribution in [1.29, 1.82) is 0 Å². The fourth-order valence-electron chi connectivity index (χ4n) is 1.41. The van der Waals surface area contributed by atoms with Gasteiger partial charge in [-0.1, -0.05) is 0 Å². The molecule has 0 spiro atoms. The number of amides is 1. The third-order valence-electron chi connectivity index (χ3n) is 2.20. The summed E-state index contributed by atoms with van der Waals surface area (Å²) in [6.07, 6.45) is 0. The summed E-state index contributed by atoms with van der Waals surface area (Å²) in [6.45, 7) is 2.40. The molecule has 0 heterocycles. The molecule has 1 unspecified atom stereocenters. The number of hydrogen-bond donors (Lipinski definition) is 2. The molecule has 0 saturated carbocycles. The van der Waals surface area contributed by atoms with Gasteiger partial charge in [0.2, 0.25) is 5.91 Å². The zero-order valence-corrected chi connectivity index (χ0v) is 11.9. The molecule has 1 atom stereocenters. The van der Waals surface area contributed by atoms with Crippen LogP contribution in [0, 0.1) is 5.82 Å². The summed E-state index contributed by atoms with van der Waals surface area (Å²) in [5.41, 5.74) is 0.560. The van der Waals surface area contributed by atoms with E-state index < -0.39 is 0 Å². The van der Waals surface area contributed by atoms with E-state index in [9.17, 15) is 9.18 Å². The Balaban J connectivity index is 2.40. The van der Waals surface area contributed by atoms with Gasteiger partial charge < -0.3 is 15.4 Å². The van der Waals surface area contributed by atoms with E-state index in [1.54, 1.807) is 19.2 Å². The van der Waals surface area contributed by atoms with E-state index in [1.807, 2.05) is 6.92 Å². The molecule has 0 aliphatic heterocycles. The minimum Gasteiger partial charge on any atom is -0.383 e. The van der Waals surface area contributed by atoms with Crippen LogP contribution in [0.5, 0.6) is 0 Å². The average molecular weight is 319 g/mol. The van der Waals surface area contributed by atoms with Gasteiger partial charge in [-0.05, 0) is 41.1 Å². The van der Waals surface area contributed by atoms with E-state index in [-0.39, 0.29) is 24.3 Å². The Bertz CT molecular complexity index is 415. The van der Waals surface area contributed by atoms with Crippen molar-refractivity contribution in [3.63, 3.8) is 0 Å². The van der Waals surface area contributed by atoms with E-state index in [2.05, 4.69) is 26.6 Å². The molecule has 100 valence electrons. The highest BCUT2D eigenvalue weighted by atomic mass is 79.9. The predicted molar refractivity (Wildman–Crippen MR) is 72.1 cm³/mol. The number of nitrogens with one attached hydrogen (secondary N) is 2. The molecule has 0 aliphatic rings. The van der Waals surface area contributed by atoms with Crippen molar-refractivity contribution in [2.75, 3.05) is 25.6 Å². The lowest BCUT2D eigenvalue weighted by Gasteiger charge is -2.13. The molecule has 1 aromatic carbocycles. The van der Waals surface area contributed by atoms with Crippen LogP contribution in [0.15, 0.2) is 22.7 Å². The Morgan fingerprint density at radius 2 is 2.28 bits per heavy atom. The van der Waals surface area contributed by atoms with Gasteiger partial charge in [0.25, 0.3) is 0 Å². The molecule has 0 bridgehead atoms. The second-order valence-corrected chi connectivity index (χ2v) is 4.76. The van der Waals surface area contributed by atoms with Crippen molar-refractivity contribution in [3.8, 4) is 0 Å². The Kier molecular flexibility index (Phi) is 6.07. The second-order valence-electron chi connectivity index (χ2n) is 3.91. The van der Waals surface area contributed by atoms with Crippen LogP contribution in [0.1, 0.15) is 6.92 Å². The number of carbonyl (C=O) groups is 1. The highest BCUT2D eigenvalue weighted by Gasteiger charge is 2.07. The first kappa shape index (κ1) is 14.9. The van der Waals surface area contributed by atoms with Gasteiger partial charge in [0.05, 0.1) is 17.6 Å². The zero-order valence-electron chi connectivity index (χ0n) is 10.3. The number of ether oxygens (including phenoxy) is 1. The molecule has 4 nitrogen and oxygen atoms in total. The van der Waals surface area contributed by atoms with Gasteiger partial charge in [-0.3, -0.25) is 4.79 Å². The summed E-state index contributed by atoms with van der Waals surface area (Å²) in [7, 11) is 1.57. The van der Waals surface area contributed by atoms with Crippen molar-refractivity contribution < 1.29 is 13.9 Å². The van der Waals surface area contributed by atoms with Gasteiger partial charge in [-0.25, -0.2) is 4.39 Å². The van der Waals surface area contributed by atoms with E-state index in [0.29, 0.717) is 16.8 Å². The minimum atomic E-state index is -0.367. The molecule has 2 N–H and O–H groups in total. The van der Waals surface area contributed by atoms with Crippen LogP contribution in [0.3, 0.4) is 0 Å². The zero-order chi connectivity index (χ0) is 13.5. The molecular formula is C12H16BrFN2O2. The molecule has 1 aromatic rings. The Morgan fingerprint density at radius 3 is 2.89 bits per heavy atom. The normalized spacial score (nSPS) is 12.0. The lowest BCUT2D eigenvalue weighted by atomic mass is 10.3. The highest BCUT2D eigenvalue weighted by molar-refractivity contribution is 9.10. The van der Waals surface area contributed by atoms with Crippen LogP contribution in [0.2, 0.25) is 0 Å². The summed E-state index contributed by atoms with van der Waals surface area (Å²) >= 11 is 3.06. The van der Waals surface area contributed by atoms with E-state index in [4.69, 9.17) is 4.74 Å². The number of rotatable bonds is 6. The fourth-order valence-corrected chi connectivity index (χ4v) is 1.65. The van der Waals surface area contributed by atoms with Gasteiger partial charge >= 0.3 is 0 Å². The van der Waals surface area contributed by atoms with E-state index in [1.165, 1.54) is 6.07 Å². The van der Waals surface area contributed by atoms with E-state index >= 15 is 0 Å². The molecule has 0 radical (unpaired) electrons. The number of hydrogen-bond acceptors (Lipinski definition) is 3. The Hall–Kier alpha value is -1.14. The van der Waals surface area contributed by atoms with Crippen molar-refractivity contribution in [3.05, 3.63) is 28.5 Å². The summed E-state index contributed by atoms with van der Waals surface area (Å²) in [5, 5.41) is 5.59. The van der Waals surface area contributed by atoms with Crippen LogP contribution in [-0.4, -0.2) is 32.2 Å². The smallest absolute Gasteiger partial charge is 0.239 e. The number of carbonyl (C=O) groups excluding carboxylic acids is 1. The third-order valence-corrected chi connectivity index (χ3v) is 2.84. The summed E-state index contributed by atoms with van der Waals surface area (Å²) in [6, 6.07) is 4.56. The van der Waals surface area contributed by atoms with Gasteiger partial charge in [0.1, 0.15) is 5.82 Å². The van der Waals surface area contributed by atoms with Crippen LogP contribution < -0.4 is 10.6 Å². The first-order valence-corrected chi connectivity index (χ1v) is 6.29. The summed E-state index contributed by atoms with van der Waals surface area (Å²) in [5.74, 6) is -0.531. The number of halogens is 2. The second kappa shape index (κ2) is 7.33. The Morgan fingerprint density at radius 1 is 1.56 bits per heavy atom. The molecule has 1 amide bonds. The van der Waals surface area contributed by atoms with Crippen molar-refractivity contribution in [2.45, 2.75) is 13.0 Å². The molecule has 0 aliphatic carbocycles. The van der Waals surface area contributed by atoms with Crippen molar-refractivity contribution in [2.24, 2.45) is 0 Å². The quantitative estimate of drug-likeness (QED) is 0.845. The van der Waals surface area contributed by atoms with Gasteiger partial charge in [0.15, 0.2) is 0 Å². The number of benzene rings is 1. The van der Waals surface area contributed by atoms with Crippen molar-refractivity contribution >= 4 is 27.5 Å². The average Bonchev–Trinajstić information content (AvgIpc) is 2.31. The maximum absolute atomic E-state index is 13.2. The SMILES string of the molecule is COCC(C)NC(=O)CNc1ccc(Br)c(F)c1. The first-order valence-electron chi connectivity index (χ1n) is 5.50. The topological polar surface area (TPSA) is 50.4 Å². The van der Waals surface area contributed by atoms with Crippen LogP contribution >= 0.6 is 15.9 Å². The third kappa shape index (κ3) is 5.01. The maximum Gasteiger partial charge on any atom is 0.239 e. The van der Waals surface area contributed by atoms with Gasteiger partial charge in [-0.2, -0.15) is 0 Å². The molecule has 18 heavy (non-hydrogen) atoms. The molecule has 6 heteroatoms. The number of anilines is 1. The molecule has 0 fully saturated rings. The van der Waals surface area contributed by atoms with Crippen LogP contribution in [0.25, 0.3) is 0 Å². The number of methoxy groups -OCH3 is 1. The van der Waals surface area contributed by atoms with Gasteiger partial charge in [-0.15, -0.1) is 0 Å². The minimum absolute atomic E-state index is 0.0500. The van der Waals surface area contributed by atoms with E-state index in [0.717, 1.165) is 0 Å². The summed E-state index contributed by atoms with van der Waals surface area (Å²) < 4.78 is 18.5. The van der Waals surface area contributed by atoms with Crippen LogP contribution in [-0.2, 0) is 9.53 Å². The predicted octanol–water partition coefficient (Wildman–Crippen LogP) is 2.15.